The maximum absolute atomic E-state index is 12.0. The van der Waals surface area contributed by atoms with Crippen LogP contribution in [-0.2, 0) is 7.05 Å². The van der Waals surface area contributed by atoms with Crippen molar-refractivity contribution in [1.82, 2.24) is 15.0 Å². The summed E-state index contributed by atoms with van der Waals surface area (Å²) in [4.78, 5) is 12.0. The number of furan rings is 1. The first-order valence-electron chi connectivity index (χ1n) is 3.94. The van der Waals surface area contributed by atoms with Gasteiger partial charge in [0.1, 0.15) is 5.69 Å². The van der Waals surface area contributed by atoms with Crippen molar-refractivity contribution in [2.75, 3.05) is 0 Å². The van der Waals surface area contributed by atoms with Crippen LogP contribution >= 0.6 is 27.5 Å². The molecular weight excluding hydrogens is 285 g/mol. The molecule has 0 saturated heterocycles. The number of ketones is 1. The van der Waals surface area contributed by atoms with Crippen molar-refractivity contribution in [2.24, 2.45) is 7.05 Å². The fourth-order valence-corrected chi connectivity index (χ4v) is 1.86. The van der Waals surface area contributed by atoms with Gasteiger partial charge in [-0.25, -0.2) is 4.68 Å². The predicted molar refractivity (Wildman–Crippen MR) is 55.9 cm³/mol. The molecule has 0 atom stereocenters. The summed E-state index contributed by atoms with van der Waals surface area (Å²) in [6.45, 7) is 0. The molecule has 0 bridgehead atoms. The van der Waals surface area contributed by atoms with E-state index in [2.05, 4.69) is 26.2 Å². The summed E-state index contributed by atoms with van der Waals surface area (Å²) in [6, 6.07) is 1.50. The predicted octanol–water partition coefficient (Wildman–Crippen LogP) is 2.05. The highest BCUT2D eigenvalue weighted by molar-refractivity contribution is 9.10. The van der Waals surface area contributed by atoms with Gasteiger partial charge in [0.15, 0.2) is 4.60 Å². The summed E-state index contributed by atoms with van der Waals surface area (Å²) >= 11 is 8.84. The van der Waals surface area contributed by atoms with Gasteiger partial charge in [0.2, 0.25) is 11.0 Å². The number of halogens is 2. The number of hydrogen-bond donors (Lipinski definition) is 0. The van der Waals surface area contributed by atoms with Crippen molar-refractivity contribution < 1.29 is 9.21 Å². The van der Waals surface area contributed by atoms with E-state index < -0.39 is 0 Å². The summed E-state index contributed by atoms with van der Waals surface area (Å²) in [5.41, 5.74) is 0.626. The minimum atomic E-state index is -0.284. The first-order valence-corrected chi connectivity index (χ1v) is 5.11. The number of hydrogen-bond acceptors (Lipinski definition) is 4. The quantitative estimate of drug-likeness (QED) is 0.794. The van der Waals surface area contributed by atoms with Crippen LogP contribution in [0.3, 0.4) is 0 Å². The topological polar surface area (TPSA) is 60.9 Å². The normalized spacial score (nSPS) is 10.6. The van der Waals surface area contributed by atoms with E-state index in [0.29, 0.717) is 15.9 Å². The third-order valence-corrected chi connectivity index (χ3v) is 2.69. The van der Waals surface area contributed by atoms with Crippen LogP contribution in [-0.4, -0.2) is 20.8 Å². The van der Waals surface area contributed by atoms with Crippen molar-refractivity contribution in [3.8, 4) is 0 Å². The average Bonchev–Trinajstić information content (AvgIpc) is 2.73. The molecule has 0 saturated carbocycles. The van der Waals surface area contributed by atoms with Crippen molar-refractivity contribution >= 4 is 33.3 Å². The largest absolute Gasteiger partial charge is 0.452 e. The molecule has 2 aromatic heterocycles. The minimum absolute atomic E-state index is 0.0631. The fourth-order valence-electron chi connectivity index (χ4n) is 1.16. The third-order valence-electron chi connectivity index (χ3n) is 1.86. The lowest BCUT2D eigenvalue weighted by Gasteiger charge is -1.98. The summed E-state index contributed by atoms with van der Waals surface area (Å²) < 4.78 is 6.60. The molecule has 0 amide bonds. The van der Waals surface area contributed by atoms with Crippen LogP contribution in [0.4, 0.5) is 0 Å². The van der Waals surface area contributed by atoms with Gasteiger partial charge in [0, 0.05) is 7.05 Å². The van der Waals surface area contributed by atoms with Gasteiger partial charge in [-0.15, -0.1) is 5.10 Å². The van der Waals surface area contributed by atoms with Gasteiger partial charge in [0.25, 0.3) is 0 Å². The molecule has 0 spiro atoms. The summed E-state index contributed by atoms with van der Waals surface area (Å²) in [7, 11) is 1.62. The lowest BCUT2D eigenvalue weighted by molar-refractivity contribution is 0.102. The summed E-state index contributed by atoms with van der Waals surface area (Å²) in [5, 5.41) is 7.48. The number of carbonyl (C=O) groups excluding carboxylic acids is 1. The Hall–Kier alpha value is -1.14. The summed E-state index contributed by atoms with van der Waals surface area (Å²) in [5.74, 6) is -0.284. The highest BCUT2D eigenvalue weighted by Gasteiger charge is 2.22. The Morgan fingerprint density at radius 2 is 2.40 bits per heavy atom. The second-order valence-corrected chi connectivity index (χ2v) is 3.88. The van der Waals surface area contributed by atoms with Crippen LogP contribution in [0.2, 0.25) is 5.22 Å². The van der Waals surface area contributed by atoms with E-state index in [1.54, 1.807) is 7.05 Å². The number of nitrogens with zero attached hydrogens (tertiary/aromatic N) is 3. The van der Waals surface area contributed by atoms with E-state index in [0.717, 1.165) is 0 Å². The van der Waals surface area contributed by atoms with Crippen molar-refractivity contribution in [2.45, 2.75) is 0 Å². The van der Waals surface area contributed by atoms with Crippen LogP contribution in [0.1, 0.15) is 16.1 Å². The second-order valence-electron chi connectivity index (χ2n) is 2.79. The number of aryl methyl sites for hydroxylation is 1. The molecule has 0 N–H and O–H groups in total. The third kappa shape index (κ3) is 1.70. The van der Waals surface area contributed by atoms with E-state index >= 15 is 0 Å². The van der Waals surface area contributed by atoms with Crippen molar-refractivity contribution in [3.63, 3.8) is 0 Å². The van der Waals surface area contributed by atoms with Gasteiger partial charge < -0.3 is 4.42 Å². The zero-order valence-corrected chi connectivity index (χ0v) is 9.91. The van der Waals surface area contributed by atoms with Gasteiger partial charge in [-0.3, -0.25) is 4.79 Å². The van der Waals surface area contributed by atoms with E-state index in [-0.39, 0.29) is 11.0 Å². The van der Waals surface area contributed by atoms with Crippen LogP contribution in [0.25, 0.3) is 0 Å². The molecule has 0 radical (unpaired) electrons. The maximum Gasteiger partial charge on any atom is 0.218 e. The molecule has 2 heterocycles. The molecule has 78 valence electrons. The molecular formula is C8H5BrClN3O2. The Labute approximate surface area is 98.1 Å². The standard InChI is InChI=1S/C8H5BrClN3O2/c1-13-5(7(9)11-12-13)6(14)4-2-3-15-8(4)10/h2-3H,1H3. The lowest BCUT2D eigenvalue weighted by Crippen LogP contribution is -2.08. The van der Waals surface area contributed by atoms with E-state index in [9.17, 15) is 4.79 Å². The van der Waals surface area contributed by atoms with Crippen LogP contribution in [0.15, 0.2) is 21.3 Å². The molecule has 0 fully saturated rings. The highest BCUT2D eigenvalue weighted by Crippen LogP contribution is 2.22. The Morgan fingerprint density at radius 1 is 1.67 bits per heavy atom. The van der Waals surface area contributed by atoms with E-state index in [4.69, 9.17) is 16.0 Å². The number of carbonyl (C=O) groups is 1. The molecule has 15 heavy (non-hydrogen) atoms. The van der Waals surface area contributed by atoms with Crippen LogP contribution in [0.5, 0.6) is 0 Å². The Morgan fingerprint density at radius 3 is 2.87 bits per heavy atom. The van der Waals surface area contributed by atoms with Gasteiger partial charge in [-0.2, -0.15) is 0 Å². The Balaban J connectivity index is 2.50. The monoisotopic (exact) mass is 289 g/mol. The van der Waals surface area contributed by atoms with Crippen LogP contribution < -0.4 is 0 Å². The molecule has 0 aliphatic carbocycles. The minimum Gasteiger partial charge on any atom is -0.452 e. The van der Waals surface area contributed by atoms with Gasteiger partial charge in [-0.1, -0.05) is 5.21 Å². The Bertz CT molecular complexity index is 500. The fraction of sp³-hybridized carbons (Fsp3) is 0.125. The zero-order valence-electron chi connectivity index (χ0n) is 7.57. The van der Waals surface area contributed by atoms with Gasteiger partial charge in [-0.05, 0) is 33.6 Å². The molecule has 0 aliphatic rings. The first-order chi connectivity index (χ1) is 7.11. The molecule has 0 unspecified atom stereocenters. The highest BCUT2D eigenvalue weighted by atomic mass is 79.9. The maximum atomic E-state index is 12.0. The average molecular weight is 291 g/mol. The number of aromatic nitrogens is 3. The molecule has 5 nitrogen and oxygen atoms in total. The lowest BCUT2D eigenvalue weighted by atomic mass is 10.2. The van der Waals surface area contributed by atoms with Crippen molar-refractivity contribution in [3.05, 3.63) is 33.4 Å². The van der Waals surface area contributed by atoms with E-state index in [1.807, 2.05) is 0 Å². The number of rotatable bonds is 2. The smallest absolute Gasteiger partial charge is 0.218 e. The molecule has 2 rings (SSSR count). The van der Waals surface area contributed by atoms with Crippen LogP contribution in [0, 0.1) is 0 Å². The van der Waals surface area contributed by atoms with Gasteiger partial charge >= 0.3 is 0 Å². The summed E-state index contributed by atoms with van der Waals surface area (Å²) in [6.07, 6.45) is 1.35. The SMILES string of the molecule is Cn1nnc(Br)c1C(=O)c1ccoc1Cl. The molecule has 0 aliphatic heterocycles. The van der Waals surface area contributed by atoms with Gasteiger partial charge in [0.05, 0.1) is 11.8 Å². The molecule has 2 aromatic rings. The molecule has 0 aromatic carbocycles. The second kappa shape index (κ2) is 3.79. The zero-order chi connectivity index (χ0) is 11.0. The molecule has 7 heteroatoms. The van der Waals surface area contributed by atoms with E-state index in [1.165, 1.54) is 17.0 Å². The first kappa shape index (κ1) is 10.4. The van der Waals surface area contributed by atoms with Crippen molar-refractivity contribution in [1.29, 1.82) is 0 Å². The Kier molecular flexibility index (Phi) is 2.62.